The number of hydrogen-bond donors (Lipinski definition) is 1. The van der Waals surface area contributed by atoms with Crippen molar-refractivity contribution in [2.45, 2.75) is 33.6 Å². The van der Waals surface area contributed by atoms with Crippen LogP contribution in [0.5, 0.6) is 0 Å². The fraction of sp³-hybridized carbons (Fsp3) is 0.238. The standard InChI is InChI=1S/C21H22BrN3O/c1-14-4-8-18(13-20(14)22)23-21(26)11-7-17-5-9-19(10-6-17)25-16(3)12-15(2)24-25/h4-6,8-10,12-13H,7,11H2,1-3H3,(H,23,26). The molecular formula is C21H22BrN3O. The fourth-order valence-electron chi connectivity index (χ4n) is 2.85. The highest BCUT2D eigenvalue weighted by molar-refractivity contribution is 9.10. The Kier molecular flexibility index (Phi) is 5.57. The van der Waals surface area contributed by atoms with Crippen LogP contribution in [0.2, 0.25) is 0 Å². The Labute approximate surface area is 162 Å². The minimum atomic E-state index is 0.0170. The fourth-order valence-corrected chi connectivity index (χ4v) is 3.22. The molecular weight excluding hydrogens is 390 g/mol. The number of nitrogens with one attached hydrogen (secondary N) is 1. The van der Waals surface area contributed by atoms with Gasteiger partial charge in [-0.2, -0.15) is 5.10 Å². The summed E-state index contributed by atoms with van der Waals surface area (Å²) in [6.07, 6.45) is 1.15. The van der Waals surface area contributed by atoms with Gasteiger partial charge in [-0.1, -0.05) is 34.1 Å². The van der Waals surface area contributed by atoms with Crippen LogP contribution in [-0.2, 0) is 11.2 Å². The van der Waals surface area contributed by atoms with E-state index in [1.165, 1.54) is 0 Å². The van der Waals surface area contributed by atoms with Gasteiger partial charge in [0.05, 0.1) is 11.4 Å². The molecule has 0 bridgehead atoms. The topological polar surface area (TPSA) is 46.9 Å². The molecule has 0 spiro atoms. The van der Waals surface area contributed by atoms with E-state index in [-0.39, 0.29) is 5.91 Å². The minimum Gasteiger partial charge on any atom is -0.326 e. The second-order valence-corrected chi connectivity index (χ2v) is 7.37. The lowest BCUT2D eigenvalue weighted by atomic mass is 10.1. The molecule has 1 amide bonds. The number of aryl methyl sites for hydroxylation is 4. The number of carbonyl (C=O) groups excluding carboxylic acids is 1. The molecule has 0 radical (unpaired) electrons. The van der Waals surface area contributed by atoms with Gasteiger partial charge >= 0.3 is 0 Å². The first-order valence-corrected chi connectivity index (χ1v) is 9.40. The number of hydrogen-bond acceptors (Lipinski definition) is 2. The predicted molar refractivity (Wildman–Crippen MR) is 109 cm³/mol. The van der Waals surface area contributed by atoms with Crippen LogP contribution in [0.4, 0.5) is 5.69 Å². The molecule has 3 rings (SSSR count). The van der Waals surface area contributed by atoms with Crippen molar-refractivity contribution >= 4 is 27.5 Å². The molecule has 1 N–H and O–H groups in total. The van der Waals surface area contributed by atoms with E-state index < -0.39 is 0 Å². The summed E-state index contributed by atoms with van der Waals surface area (Å²) in [5.74, 6) is 0.0170. The van der Waals surface area contributed by atoms with Crippen molar-refractivity contribution in [1.82, 2.24) is 9.78 Å². The molecule has 0 fully saturated rings. The zero-order valence-corrected chi connectivity index (χ0v) is 16.8. The molecule has 2 aromatic carbocycles. The molecule has 0 saturated carbocycles. The van der Waals surface area contributed by atoms with Crippen molar-refractivity contribution < 1.29 is 4.79 Å². The summed E-state index contributed by atoms with van der Waals surface area (Å²) < 4.78 is 2.93. The Bertz CT molecular complexity index is 929. The van der Waals surface area contributed by atoms with Crippen molar-refractivity contribution in [3.05, 3.63) is 75.5 Å². The van der Waals surface area contributed by atoms with Gasteiger partial charge in [0.1, 0.15) is 0 Å². The Morgan fingerprint density at radius 2 is 1.81 bits per heavy atom. The van der Waals surface area contributed by atoms with Crippen LogP contribution in [0.1, 0.15) is 28.9 Å². The van der Waals surface area contributed by atoms with Crippen molar-refractivity contribution in [2.75, 3.05) is 5.32 Å². The molecule has 134 valence electrons. The molecule has 1 aromatic heterocycles. The summed E-state index contributed by atoms with van der Waals surface area (Å²) >= 11 is 3.49. The van der Waals surface area contributed by atoms with E-state index in [4.69, 9.17) is 0 Å². The van der Waals surface area contributed by atoms with Crippen LogP contribution in [0.3, 0.4) is 0 Å². The van der Waals surface area contributed by atoms with E-state index in [1.807, 2.05) is 55.8 Å². The van der Waals surface area contributed by atoms with Crippen LogP contribution in [0, 0.1) is 20.8 Å². The van der Waals surface area contributed by atoms with Crippen LogP contribution in [0.25, 0.3) is 5.69 Å². The lowest BCUT2D eigenvalue weighted by molar-refractivity contribution is -0.116. The molecule has 0 aliphatic heterocycles. The highest BCUT2D eigenvalue weighted by Crippen LogP contribution is 2.21. The van der Waals surface area contributed by atoms with Crippen molar-refractivity contribution in [1.29, 1.82) is 0 Å². The predicted octanol–water partition coefficient (Wildman–Crippen LogP) is 5.13. The first-order chi connectivity index (χ1) is 12.4. The lowest BCUT2D eigenvalue weighted by Gasteiger charge is -2.08. The van der Waals surface area contributed by atoms with E-state index in [1.54, 1.807) is 0 Å². The van der Waals surface area contributed by atoms with E-state index in [9.17, 15) is 4.79 Å². The summed E-state index contributed by atoms with van der Waals surface area (Å²) in [5.41, 5.74) is 6.24. The Morgan fingerprint density at radius 3 is 2.42 bits per heavy atom. The van der Waals surface area contributed by atoms with Gasteiger partial charge in [0.15, 0.2) is 0 Å². The summed E-state index contributed by atoms with van der Waals surface area (Å²) in [6, 6.07) is 16.1. The van der Waals surface area contributed by atoms with Gasteiger partial charge in [-0.05, 0) is 68.7 Å². The van der Waals surface area contributed by atoms with Gasteiger partial charge in [-0.3, -0.25) is 4.79 Å². The number of nitrogens with zero attached hydrogens (tertiary/aromatic N) is 2. The number of amides is 1. The molecule has 0 aliphatic carbocycles. The molecule has 5 heteroatoms. The van der Waals surface area contributed by atoms with Gasteiger partial charge in [-0.25, -0.2) is 4.68 Å². The third-order valence-corrected chi connectivity index (χ3v) is 5.14. The zero-order chi connectivity index (χ0) is 18.7. The third-order valence-electron chi connectivity index (χ3n) is 4.29. The maximum Gasteiger partial charge on any atom is 0.224 e. The van der Waals surface area contributed by atoms with Crippen LogP contribution in [-0.4, -0.2) is 15.7 Å². The molecule has 1 heterocycles. The average Bonchev–Trinajstić information content (AvgIpc) is 2.95. The molecule has 0 atom stereocenters. The summed E-state index contributed by atoms with van der Waals surface area (Å²) in [6.45, 7) is 6.05. The average molecular weight is 412 g/mol. The van der Waals surface area contributed by atoms with Crippen LogP contribution in [0.15, 0.2) is 53.0 Å². The highest BCUT2D eigenvalue weighted by Gasteiger charge is 2.06. The SMILES string of the molecule is Cc1cc(C)n(-c2ccc(CCC(=O)Nc3ccc(C)c(Br)c3)cc2)n1. The number of aromatic nitrogens is 2. The Balaban J connectivity index is 1.58. The molecule has 0 aliphatic rings. The maximum absolute atomic E-state index is 12.2. The molecule has 3 aromatic rings. The first kappa shape index (κ1) is 18.4. The first-order valence-electron chi connectivity index (χ1n) is 8.61. The number of rotatable bonds is 5. The lowest BCUT2D eigenvalue weighted by Crippen LogP contribution is -2.12. The van der Waals surface area contributed by atoms with Crippen LogP contribution < -0.4 is 5.32 Å². The highest BCUT2D eigenvalue weighted by atomic mass is 79.9. The van der Waals surface area contributed by atoms with Gasteiger partial charge < -0.3 is 5.32 Å². The van der Waals surface area contributed by atoms with E-state index >= 15 is 0 Å². The van der Waals surface area contributed by atoms with E-state index in [2.05, 4.69) is 44.5 Å². The van der Waals surface area contributed by atoms with Gasteiger partial charge in [0, 0.05) is 22.3 Å². The maximum atomic E-state index is 12.2. The second kappa shape index (κ2) is 7.87. The molecule has 26 heavy (non-hydrogen) atoms. The van der Waals surface area contributed by atoms with E-state index in [0.717, 1.165) is 38.4 Å². The quantitative estimate of drug-likeness (QED) is 0.632. The molecule has 0 saturated heterocycles. The van der Waals surface area contributed by atoms with Gasteiger partial charge in [0.25, 0.3) is 0 Å². The van der Waals surface area contributed by atoms with Gasteiger partial charge in [0.2, 0.25) is 5.91 Å². The minimum absolute atomic E-state index is 0.0170. The second-order valence-electron chi connectivity index (χ2n) is 6.52. The normalized spacial score (nSPS) is 10.8. The Morgan fingerprint density at radius 1 is 1.08 bits per heavy atom. The van der Waals surface area contributed by atoms with E-state index in [0.29, 0.717) is 12.8 Å². The smallest absolute Gasteiger partial charge is 0.224 e. The number of benzene rings is 2. The third kappa shape index (κ3) is 4.41. The van der Waals surface area contributed by atoms with Crippen molar-refractivity contribution in [3.63, 3.8) is 0 Å². The monoisotopic (exact) mass is 411 g/mol. The Hall–Kier alpha value is -2.40. The van der Waals surface area contributed by atoms with Crippen molar-refractivity contribution in [3.8, 4) is 5.69 Å². The van der Waals surface area contributed by atoms with Crippen molar-refractivity contribution in [2.24, 2.45) is 0 Å². The van der Waals surface area contributed by atoms with Crippen LogP contribution >= 0.6 is 15.9 Å². The summed E-state index contributed by atoms with van der Waals surface area (Å²) in [5, 5.41) is 7.44. The molecule has 4 nitrogen and oxygen atoms in total. The summed E-state index contributed by atoms with van der Waals surface area (Å²) in [7, 11) is 0. The number of anilines is 1. The number of carbonyl (C=O) groups is 1. The number of halogens is 1. The van der Waals surface area contributed by atoms with Gasteiger partial charge in [-0.15, -0.1) is 0 Å². The largest absolute Gasteiger partial charge is 0.326 e. The molecule has 0 unspecified atom stereocenters. The zero-order valence-electron chi connectivity index (χ0n) is 15.2. The summed E-state index contributed by atoms with van der Waals surface area (Å²) in [4.78, 5) is 12.2.